The maximum atomic E-state index is 13.1. The van der Waals surface area contributed by atoms with Gasteiger partial charge in [0.15, 0.2) is 0 Å². The predicted octanol–water partition coefficient (Wildman–Crippen LogP) is 3.91. The number of hydrogen-bond donors (Lipinski definition) is 2. The van der Waals surface area contributed by atoms with Crippen molar-refractivity contribution in [1.82, 2.24) is 19.8 Å². The van der Waals surface area contributed by atoms with Gasteiger partial charge in [0, 0.05) is 24.3 Å². The van der Waals surface area contributed by atoms with E-state index < -0.39 is 10.0 Å². The Kier molecular flexibility index (Phi) is 6.00. The molecule has 1 aliphatic carbocycles. The third-order valence-electron chi connectivity index (χ3n) is 5.61. The third kappa shape index (κ3) is 4.93. The first-order chi connectivity index (χ1) is 16.5. The van der Waals surface area contributed by atoms with Crippen LogP contribution in [0.4, 0.5) is 0 Å². The number of aromatic nitrogens is 2. The minimum Gasteiger partial charge on any atom is -0.348 e. The highest BCUT2D eigenvalue weighted by Crippen LogP contribution is 2.24. The molecule has 1 aliphatic rings. The van der Waals surface area contributed by atoms with Crippen molar-refractivity contribution >= 4 is 15.9 Å². The van der Waals surface area contributed by atoms with E-state index in [1.54, 1.807) is 35.1 Å². The van der Waals surface area contributed by atoms with E-state index in [0.29, 0.717) is 11.3 Å². The first-order valence-corrected chi connectivity index (χ1v) is 12.6. The van der Waals surface area contributed by atoms with E-state index in [9.17, 15) is 13.2 Å². The van der Waals surface area contributed by atoms with Gasteiger partial charge in [0.1, 0.15) is 5.69 Å². The molecule has 0 spiro atoms. The van der Waals surface area contributed by atoms with Crippen molar-refractivity contribution in [3.63, 3.8) is 0 Å². The largest absolute Gasteiger partial charge is 0.348 e. The quantitative estimate of drug-likeness (QED) is 0.407. The van der Waals surface area contributed by atoms with Crippen molar-refractivity contribution in [3.05, 3.63) is 102 Å². The van der Waals surface area contributed by atoms with Crippen LogP contribution in [-0.4, -0.2) is 30.1 Å². The third-order valence-corrected chi connectivity index (χ3v) is 7.15. The molecule has 5 rings (SSSR count). The molecule has 4 aromatic rings. The summed E-state index contributed by atoms with van der Waals surface area (Å²) in [6.45, 7) is 0.264. The van der Waals surface area contributed by atoms with Crippen LogP contribution in [-0.2, 0) is 16.6 Å². The van der Waals surface area contributed by atoms with Gasteiger partial charge >= 0.3 is 0 Å². The van der Waals surface area contributed by atoms with E-state index in [4.69, 9.17) is 0 Å². The van der Waals surface area contributed by atoms with Gasteiger partial charge < -0.3 is 5.32 Å². The lowest BCUT2D eigenvalue weighted by Gasteiger charge is -2.08. The minimum atomic E-state index is -3.50. The summed E-state index contributed by atoms with van der Waals surface area (Å²) in [4.78, 5) is 13.4. The second-order valence-corrected chi connectivity index (χ2v) is 9.97. The topological polar surface area (TPSA) is 93.1 Å². The highest BCUT2D eigenvalue weighted by Gasteiger charge is 2.27. The fraction of sp³-hybridized carbons (Fsp3) is 0.154. The molecule has 8 heteroatoms. The van der Waals surface area contributed by atoms with Crippen molar-refractivity contribution in [2.75, 3.05) is 0 Å². The van der Waals surface area contributed by atoms with Crippen LogP contribution < -0.4 is 10.0 Å². The fourth-order valence-electron chi connectivity index (χ4n) is 3.61. The summed E-state index contributed by atoms with van der Waals surface area (Å²) >= 11 is 0. The number of rotatable bonds is 8. The van der Waals surface area contributed by atoms with Crippen molar-refractivity contribution in [2.24, 2.45) is 0 Å². The maximum Gasteiger partial charge on any atom is 0.255 e. The number of carbonyl (C=O) groups excluding carboxylic acids is 1. The smallest absolute Gasteiger partial charge is 0.255 e. The summed E-state index contributed by atoms with van der Waals surface area (Å²) < 4.78 is 29.1. The van der Waals surface area contributed by atoms with Crippen LogP contribution in [0.25, 0.3) is 16.9 Å². The summed E-state index contributed by atoms with van der Waals surface area (Å²) in [5.74, 6) is -0.256. The maximum absolute atomic E-state index is 13.1. The summed E-state index contributed by atoms with van der Waals surface area (Å²) in [5.41, 5.74) is 3.56. The number of amides is 1. The van der Waals surface area contributed by atoms with Crippen LogP contribution in [0, 0.1) is 0 Å². The Balaban J connectivity index is 1.34. The standard InChI is InChI=1S/C26H24N4O3S/c31-26(27-17-19-11-15-23(16-12-19)34(32,33)29-21-13-14-21)24-18-30(22-9-5-2-6-10-22)28-25(24)20-7-3-1-4-8-20/h1-12,15-16,18,21,29H,13-14,17H2,(H,27,31). The molecule has 172 valence electrons. The molecule has 34 heavy (non-hydrogen) atoms. The zero-order valence-electron chi connectivity index (χ0n) is 18.4. The molecule has 1 fully saturated rings. The zero-order chi connectivity index (χ0) is 23.5. The molecule has 0 aliphatic heterocycles. The number of nitrogens with zero attached hydrogens (tertiary/aromatic N) is 2. The van der Waals surface area contributed by atoms with E-state index >= 15 is 0 Å². The molecule has 1 aromatic heterocycles. The Hall–Kier alpha value is -3.75. The van der Waals surface area contributed by atoms with Crippen molar-refractivity contribution in [3.8, 4) is 16.9 Å². The zero-order valence-corrected chi connectivity index (χ0v) is 19.2. The van der Waals surface area contributed by atoms with Gasteiger partial charge in [0.2, 0.25) is 10.0 Å². The summed E-state index contributed by atoms with van der Waals surface area (Å²) in [5, 5.41) is 7.61. The summed E-state index contributed by atoms with van der Waals surface area (Å²) in [6, 6.07) is 25.8. The normalized spacial score (nSPS) is 13.5. The Morgan fingerprint density at radius 3 is 2.21 bits per heavy atom. The predicted molar refractivity (Wildman–Crippen MR) is 130 cm³/mol. The number of carbonyl (C=O) groups is 1. The van der Waals surface area contributed by atoms with Crippen LogP contribution in [0.1, 0.15) is 28.8 Å². The number of hydrogen-bond acceptors (Lipinski definition) is 4. The molecule has 1 saturated carbocycles. The monoisotopic (exact) mass is 472 g/mol. The average molecular weight is 473 g/mol. The van der Waals surface area contributed by atoms with E-state index in [1.165, 1.54) is 0 Å². The van der Waals surface area contributed by atoms with E-state index in [1.807, 2.05) is 60.7 Å². The van der Waals surface area contributed by atoms with Gasteiger partial charge in [0.25, 0.3) is 5.91 Å². The lowest BCUT2D eigenvalue weighted by Crippen LogP contribution is -2.26. The van der Waals surface area contributed by atoms with Crippen LogP contribution in [0.15, 0.2) is 96.0 Å². The van der Waals surface area contributed by atoms with Gasteiger partial charge in [-0.3, -0.25) is 4.79 Å². The van der Waals surface area contributed by atoms with Crippen LogP contribution >= 0.6 is 0 Å². The molecule has 0 bridgehead atoms. The second kappa shape index (κ2) is 9.24. The Bertz CT molecular complexity index is 1400. The van der Waals surface area contributed by atoms with Gasteiger partial charge in [-0.15, -0.1) is 0 Å². The van der Waals surface area contributed by atoms with Crippen LogP contribution in [0.3, 0.4) is 0 Å². The Morgan fingerprint density at radius 2 is 1.56 bits per heavy atom. The minimum absolute atomic E-state index is 0.0552. The van der Waals surface area contributed by atoms with Crippen LogP contribution in [0.5, 0.6) is 0 Å². The van der Waals surface area contributed by atoms with Gasteiger partial charge in [-0.25, -0.2) is 17.8 Å². The number of para-hydroxylation sites is 1. The average Bonchev–Trinajstić information content (AvgIpc) is 3.56. The lowest BCUT2D eigenvalue weighted by molar-refractivity contribution is 0.0951. The van der Waals surface area contributed by atoms with Gasteiger partial charge in [0.05, 0.1) is 16.1 Å². The molecule has 1 amide bonds. The molecule has 0 saturated heterocycles. The molecular formula is C26H24N4O3S. The molecule has 2 N–H and O–H groups in total. The molecule has 7 nitrogen and oxygen atoms in total. The van der Waals surface area contributed by atoms with E-state index in [0.717, 1.165) is 29.7 Å². The van der Waals surface area contributed by atoms with Gasteiger partial charge in [-0.05, 0) is 42.7 Å². The van der Waals surface area contributed by atoms with Crippen molar-refractivity contribution in [2.45, 2.75) is 30.3 Å². The number of benzene rings is 3. The molecule has 0 radical (unpaired) electrons. The Morgan fingerprint density at radius 1 is 0.912 bits per heavy atom. The van der Waals surface area contributed by atoms with Crippen LogP contribution in [0.2, 0.25) is 0 Å². The molecule has 1 heterocycles. The summed E-state index contributed by atoms with van der Waals surface area (Å²) in [6.07, 6.45) is 3.50. The molecule has 3 aromatic carbocycles. The van der Waals surface area contributed by atoms with E-state index in [2.05, 4.69) is 15.1 Å². The SMILES string of the molecule is O=C(NCc1ccc(S(=O)(=O)NC2CC2)cc1)c1cn(-c2ccccc2)nc1-c1ccccc1. The van der Waals surface area contributed by atoms with Gasteiger partial charge in [-0.2, -0.15) is 5.10 Å². The van der Waals surface area contributed by atoms with Crippen molar-refractivity contribution in [1.29, 1.82) is 0 Å². The second-order valence-electron chi connectivity index (χ2n) is 8.26. The highest BCUT2D eigenvalue weighted by molar-refractivity contribution is 7.89. The lowest BCUT2D eigenvalue weighted by atomic mass is 10.1. The molecular weight excluding hydrogens is 448 g/mol. The number of nitrogens with one attached hydrogen (secondary N) is 2. The Labute approximate surface area is 198 Å². The van der Waals surface area contributed by atoms with Crippen molar-refractivity contribution < 1.29 is 13.2 Å². The van der Waals surface area contributed by atoms with Gasteiger partial charge in [-0.1, -0.05) is 60.7 Å². The summed E-state index contributed by atoms with van der Waals surface area (Å²) in [7, 11) is -3.50. The molecule has 0 atom stereocenters. The first-order valence-electron chi connectivity index (χ1n) is 11.1. The number of sulfonamides is 1. The molecule has 0 unspecified atom stereocenters. The first kappa shape index (κ1) is 22.1. The fourth-order valence-corrected chi connectivity index (χ4v) is 4.92. The van der Waals surface area contributed by atoms with E-state index in [-0.39, 0.29) is 23.4 Å². The highest BCUT2D eigenvalue weighted by atomic mass is 32.2.